The minimum absolute atomic E-state index is 0.127. The van der Waals surface area contributed by atoms with Crippen LogP contribution in [0.2, 0.25) is 5.02 Å². The fourth-order valence-electron chi connectivity index (χ4n) is 4.26. The highest BCUT2D eigenvalue weighted by molar-refractivity contribution is 6.30. The molecule has 4 N–H and O–H groups in total. The predicted molar refractivity (Wildman–Crippen MR) is 121 cm³/mol. The molecule has 0 aliphatic carbocycles. The van der Waals surface area contributed by atoms with Crippen LogP contribution in [0.25, 0.3) is 0 Å². The number of carbonyl (C=O) groups excluding carboxylic acids is 1. The van der Waals surface area contributed by atoms with Crippen molar-refractivity contribution in [1.29, 1.82) is 0 Å². The zero-order valence-corrected chi connectivity index (χ0v) is 18.5. The van der Waals surface area contributed by atoms with E-state index in [1.807, 2.05) is 24.3 Å². The van der Waals surface area contributed by atoms with Crippen molar-refractivity contribution in [2.24, 2.45) is 5.73 Å². The number of nitrogens with zero attached hydrogens (tertiary/aromatic N) is 3. The van der Waals surface area contributed by atoms with E-state index < -0.39 is 5.54 Å². The van der Waals surface area contributed by atoms with Crippen molar-refractivity contribution < 1.29 is 9.53 Å². The molecule has 0 spiro atoms. The Morgan fingerprint density at radius 3 is 2.77 bits per heavy atom. The Labute approximate surface area is 187 Å². The molecule has 1 amide bonds. The molecular formula is C22H29ClN6O2. The highest BCUT2D eigenvalue weighted by Crippen LogP contribution is 2.31. The van der Waals surface area contributed by atoms with Gasteiger partial charge in [0.05, 0.1) is 11.6 Å². The minimum atomic E-state index is -0.914. The predicted octanol–water partition coefficient (Wildman–Crippen LogP) is 2.29. The number of carbonyl (C=O) groups is 1. The van der Waals surface area contributed by atoms with Gasteiger partial charge in [-0.3, -0.25) is 4.79 Å². The van der Waals surface area contributed by atoms with Crippen molar-refractivity contribution in [3.63, 3.8) is 0 Å². The van der Waals surface area contributed by atoms with Crippen molar-refractivity contribution in [2.75, 3.05) is 43.6 Å². The molecule has 2 aliphatic heterocycles. The molecule has 2 aliphatic rings. The first-order chi connectivity index (χ1) is 15.0. The Morgan fingerprint density at radius 2 is 2.06 bits per heavy atom. The number of nitrogens with two attached hydrogens (primary N) is 1. The Morgan fingerprint density at radius 1 is 1.32 bits per heavy atom. The number of rotatable bonds is 7. The normalized spacial score (nSPS) is 18.2. The summed E-state index contributed by atoms with van der Waals surface area (Å²) in [5.41, 5.74) is 7.82. The van der Waals surface area contributed by atoms with Gasteiger partial charge in [-0.25, -0.2) is 9.97 Å². The second-order valence-corrected chi connectivity index (χ2v) is 8.64. The Bertz CT molecular complexity index is 915. The number of halogens is 1. The molecule has 1 fully saturated rings. The third kappa shape index (κ3) is 4.76. The molecule has 3 heterocycles. The number of benzene rings is 1. The lowest BCUT2D eigenvalue weighted by Gasteiger charge is -2.39. The first-order valence-electron chi connectivity index (χ1n) is 10.7. The first-order valence-corrected chi connectivity index (χ1v) is 11.0. The number of aromatic nitrogens is 2. The molecule has 0 radical (unpaired) electrons. The van der Waals surface area contributed by atoms with E-state index in [1.165, 1.54) is 0 Å². The van der Waals surface area contributed by atoms with Gasteiger partial charge in [-0.05, 0) is 43.4 Å². The van der Waals surface area contributed by atoms with Gasteiger partial charge in [-0.2, -0.15) is 0 Å². The average molecular weight is 445 g/mol. The molecule has 1 aromatic heterocycles. The van der Waals surface area contributed by atoms with Gasteiger partial charge in [-0.1, -0.05) is 23.7 Å². The van der Waals surface area contributed by atoms with Gasteiger partial charge in [0.2, 0.25) is 5.91 Å². The molecule has 8 nitrogen and oxygen atoms in total. The highest BCUT2D eigenvalue weighted by atomic mass is 35.5. The van der Waals surface area contributed by atoms with E-state index in [0.29, 0.717) is 44.0 Å². The second kappa shape index (κ2) is 9.38. The van der Waals surface area contributed by atoms with E-state index in [2.05, 4.69) is 25.5 Å². The van der Waals surface area contributed by atoms with E-state index in [1.54, 1.807) is 13.4 Å². The van der Waals surface area contributed by atoms with Crippen LogP contribution in [0.15, 0.2) is 30.6 Å². The van der Waals surface area contributed by atoms with E-state index in [9.17, 15) is 4.79 Å². The maximum absolute atomic E-state index is 13.2. The zero-order chi connectivity index (χ0) is 21.8. The number of piperidine rings is 1. The van der Waals surface area contributed by atoms with Crippen LogP contribution in [-0.2, 0) is 16.0 Å². The number of ether oxygens (including phenoxy) is 1. The van der Waals surface area contributed by atoms with E-state index in [0.717, 1.165) is 35.7 Å². The third-order valence-electron chi connectivity index (χ3n) is 6.19. The first kappa shape index (κ1) is 21.8. The van der Waals surface area contributed by atoms with Crippen molar-refractivity contribution in [3.8, 4) is 0 Å². The molecule has 0 bridgehead atoms. The lowest BCUT2D eigenvalue weighted by molar-refractivity contribution is -0.128. The second-order valence-electron chi connectivity index (χ2n) is 8.20. The number of amides is 1. The maximum atomic E-state index is 13.2. The van der Waals surface area contributed by atoms with Gasteiger partial charge < -0.3 is 26.0 Å². The summed E-state index contributed by atoms with van der Waals surface area (Å²) in [6, 6.07) is 7.33. The van der Waals surface area contributed by atoms with Crippen LogP contribution in [0.3, 0.4) is 0 Å². The van der Waals surface area contributed by atoms with Gasteiger partial charge >= 0.3 is 0 Å². The summed E-state index contributed by atoms with van der Waals surface area (Å²) in [5.74, 6) is 1.74. The van der Waals surface area contributed by atoms with Gasteiger partial charge in [0, 0.05) is 43.9 Å². The number of hydrogen-bond donors (Lipinski definition) is 3. The summed E-state index contributed by atoms with van der Waals surface area (Å²) in [6.45, 7) is 2.77. The molecule has 1 saturated heterocycles. The van der Waals surface area contributed by atoms with Crippen molar-refractivity contribution in [3.05, 3.63) is 46.7 Å². The van der Waals surface area contributed by atoms with Gasteiger partial charge in [0.15, 0.2) is 0 Å². The summed E-state index contributed by atoms with van der Waals surface area (Å²) >= 11 is 6.02. The van der Waals surface area contributed by atoms with Crippen LogP contribution >= 0.6 is 11.6 Å². The summed E-state index contributed by atoms with van der Waals surface area (Å²) < 4.78 is 5.24. The molecule has 1 atom stereocenters. The number of fused-ring (bicyclic) bond motifs is 1. The molecule has 1 aromatic carbocycles. The third-order valence-corrected chi connectivity index (χ3v) is 6.44. The number of methoxy groups -OCH3 is 1. The average Bonchev–Trinajstić information content (AvgIpc) is 3.27. The standard InChI is InChI=1S/C22H29ClN6O2/c1-31-13-7-18(15-2-4-16(23)5-3-15)28-21(30)22(24)8-11-29(12-9-22)20-17-6-10-25-19(17)26-14-27-20/h2-5,14,18H,6-13,24H2,1H3,(H,28,30)(H,25,26,27). The number of anilines is 2. The Hall–Kier alpha value is -2.42. The SMILES string of the molecule is COCCC(NC(=O)C1(N)CCN(c2ncnc3c2CCN3)CC1)c1ccc(Cl)cc1. The number of hydrogen-bond acceptors (Lipinski definition) is 7. The number of nitrogens with one attached hydrogen (secondary N) is 2. The van der Waals surface area contributed by atoms with Crippen LogP contribution in [0.4, 0.5) is 11.6 Å². The van der Waals surface area contributed by atoms with Gasteiger partial charge in [-0.15, -0.1) is 0 Å². The fourth-order valence-corrected chi connectivity index (χ4v) is 4.39. The van der Waals surface area contributed by atoms with E-state index >= 15 is 0 Å². The molecule has 4 rings (SSSR count). The Kier molecular flexibility index (Phi) is 6.60. The lowest BCUT2D eigenvalue weighted by Crippen LogP contribution is -2.60. The van der Waals surface area contributed by atoms with Crippen LogP contribution in [0.1, 0.15) is 36.4 Å². The van der Waals surface area contributed by atoms with Crippen LogP contribution in [0.5, 0.6) is 0 Å². The smallest absolute Gasteiger partial charge is 0.240 e. The van der Waals surface area contributed by atoms with Crippen LogP contribution in [-0.4, -0.2) is 54.8 Å². The van der Waals surface area contributed by atoms with Crippen LogP contribution in [0, 0.1) is 0 Å². The summed E-state index contributed by atoms with van der Waals surface area (Å²) in [4.78, 5) is 24.2. The van der Waals surface area contributed by atoms with E-state index in [4.69, 9.17) is 22.1 Å². The summed E-state index contributed by atoms with van der Waals surface area (Å²) in [6.07, 6.45) is 4.28. The Balaban J connectivity index is 1.42. The zero-order valence-electron chi connectivity index (χ0n) is 17.7. The largest absolute Gasteiger partial charge is 0.385 e. The molecule has 31 heavy (non-hydrogen) atoms. The maximum Gasteiger partial charge on any atom is 0.240 e. The van der Waals surface area contributed by atoms with Gasteiger partial charge in [0.25, 0.3) is 0 Å². The monoisotopic (exact) mass is 444 g/mol. The summed E-state index contributed by atoms with van der Waals surface area (Å²) in [7, 11) is 1.65. The quantitative estimate of drug-likeness (QED) is 0.601. The van der Waals surface area contributed by atoms with Crippen molar-refractivity contribution >= 4 is 29.1 Å². The van der Waals surface area contributed by atoms with Crippen molar-refractivity contribution in [1.82, 2.24) is 15.3 Å². The highest BCUT2D eigenvalue weighted by Gasteiger charge is 2.39. The lowest BCUT2D eigenvalue weighted by atomic mass is 9.86. The molecule has 2 aromatic rings. The molecule has 1 unspecified atom stereocenters. The summed E-state index contributed by atoms with van der Waals surface area (Å²) in [5, 5.41) is 7.10. The molecule has 166 valence electrons. The molecule has 0 saturated carbocycles. The molecule has 9 heteroatoms. The molecular weight excluding hydrogens is 416 g/mol. The van der Waals surface area contributed by atoms with Crippen LogP contribution < -0.4 is 21.3 Å². The fraction of sp³-hybridized carbons (Fsp3) is 0.500. The van der Waals surface area contributed by atoms with Gasteiger partial charge in [0.1, 0.15) is 18.0 Å². The van der Waals surface area contributed by atoms with E-state index in [-0.39, 0.29) is 11.9 Å². The topological polar surface area (TPSA) is 105 Å². The van der Waals surface area contributed by atoms with Crippen molar-refractivity contribution in [2.45, 2.75) is 37.3 Å². The minimum Gasteiger partial charge on any atom is -0.385 e.